The van der Waals surface area contributed by atoms with E-state index in [9.17, 15) is 18.0 Å². The second kappa shape index (κ2) is 11.8. The van der Waals surface area contributed by atoms with E-state index < -0.39 is 17.9 Å². The molecule has 11 heteroatoms. The Kier molecular flexibility index (Phi) is 9.01. The third kappa shape index (κ3) is 7.35. The van der Waals surface area contributed by atoms with Crippen LogP contribution in [-0.4, -0.2) is 51.9 Å². The van der Waals surface area contributed by atoms with E-state index in [1.54, 1.807) is 18.7 Å². The van der Waals surface area contributed by atoms with Gasteiger partial charge in [-0.2, -0.15) is 0 Å². The summed E-state index contributed by atoms with van der Waals surface area (Å²) in [5.41, 5.74) is -0.418. The Hall–Kier alpha value is -2.79. The molecular weight excluding hydrogens is 483 g/mol. The Labute approximate surface area is 206 Å². The molecule has 0 radical (unpaired) electrons. The van der Waals surface area contributed by atoms with Gasteiger partial charge in [-0.3, -0.25) is 4.74 Å². The molecule has 1 fully saturated rings. The number of carbonyl (C=O) groups excluding carboxylic acids is 1. The molecule has 0 N–H and O–H groups in total. The lowest BCUT2D eigenvalue weighted by Crippen LogP contribution is -2.40. The van der Waals surface area contributed by atoms with Crippen molar-refractivity contribution in [3.8, 4) is 5.75 Å². The second-order valence-corrected chi connectivity index (χ2v) is 9.28. The molecule has 0 amide bonds. The summed E-state index contributed by atoms with van der Waals surface area (Å²) >= 11 is 1.38. The first-order chi connectivity index (χ1) is 16.7. The Morgan fingerprint density at radius 3 is 2.54 bits per heavy atom. The highest BCUT2D eigenvalue weighted by Gasteiger charge is 2.44. The van der Waals surface area contributed by atoms with E-state index in [0.717, 1.165) is 5.56 Å². The van der Waals surface area contributed by atoms with E-state index >= 15 is 0 Å². The number of thioether (sulfide) groups is 1. The van der Waals surface area contributed by atoms with Gasteiger partial charge in [0.15, 0.2) is 0 Å². The van der Waals surface area contributed by atoms with E-state index in [0.29, 0.717) is 30.2 Å². The fourth-order valence-electron chi connectivity index (χ4n) is 3.89. The quantitative estimate of drug-likeness (QED) is 0.305. The van der Waals surface area contributed by atoms with Crippen LogP contribution in [0.4, 0.5) is 13.2 Å². The van der Waals surface area contributed by atoms with Gasteiger partial charge < -0.3 is 9.47 Å². The van der Waals surface area contributed by atoms with Crippen LogP contribution in [0.15, 0.2) is 54.1 Å². The van der Waals surface area contributed by atoms with Gasteiger partial charge in [-0.25, -0.2) is 9.48 Å². The highest BCUT2D eigenvalue weighted by molar-refractivity contribution is 7.99. The highest BCUT2D eigenvalue weighted by atomic mass is 32.2. The number of methoxy groups -OCH3 is 1. The van der Waals surface area contributed by atoms with Crippen molar-refractivity contribution in [1.82, 2.24) is 15.0 Å². The first kappa shape index (κ1) is 26.8. The molecular formula is C24H28F3N3O4S. The molecule has 1 aromatic heterocycles. The molecule has 0 unspecified atom stereocenters. The summed E-state index contributed by atoms with van der Waals surface area (Å²) in [5, 5.41) is 8.67. The molecule has 190 valence electrons. The van der Waals surface area contributed by atoms with Gasteiger partial charge in [0, 0.05) is 5.25 Å². The Balaban J connectivity index is 1.80. The zero-order valence-electron chi connectivity index (χ0n) is 19.6. The van der Waals surface area contributed by atoms with Gasteiger partial charge in [0.25, 0.3) is 0 Å². The average molecular weight is 512 g/mol. The van der Waals surface area contributed by atoms with E-state index in [1.165, 1.54) is 30.0 Å². The minimum atomic E-state index is -4.75. The van der Waals surface area contributed by atoms with Gasteiger partial charge in [-0.1, -0.05) is 42.2 Å². The summed E-state index contributed by atoms with van der Waals surface area (Å²) in [6.07, 6.45) is 0.809. The summed E-state index contributed by atoms with van der Waals surface area (Å²) in [6, 6.07) is 7.41. The van der Waals surface area contributed by atoms with Crippen molar-refractivity contribution < 1.29 is 32.2 Å². The van der Waals surface area contributed by atoms with Crippen LogP contribution >= 0.6 is 11.8 Å². The Bertz CT molecular complexity index is 1030. The van der Waals surface area contributed by atoms with E-state index in [-0.39, 0.29) is 30.4 Å². The summed E-state index contributed by atoms with van der Waals surface area (Å²) in [5.74, 6) is 0.127. The third-order valence-electron chi connectivity index (χ3n) is 5.56. The molecule has 1 aromatic carbocycles. The zero-order chi connectivity index (χ0) is 25.5. The van der Waals surface area contributed by atoms with Crippen molar-refractivity contribution in [3.63, 3.8) is 0 Å². The molecule has 0 spiro atoms. The number of aromatic nitrogens is 3. The van der Waals surface area contributed by atoms with Crippen LogP contribution in [0.25, 0.3) is 0 Å². The van der Waals surface area contributed by atoms with Gasteiger partial charge in [0.1, 0.15) is 10.8 Å². The van der Waals surface area contributed by atoms with Crippen LogP contribution in [0.2, 0.25) is 0 Å². The Morgan fingerprint density at radius 1 is 1.29 bits per heavy atom. The predicted octanol–water partition coefficient (Wildman–Crippen LogP) is 5.56. The van der Waals surface area contributed by atoms with Crippen LogP contribution in [0.5, 0.6) is 5.75 Å². The van der Waals surface area contributed by atoms with Crippen molar-refractivity contribution in [2.45, 2.75) is 61.4 Å². The molecule has 7 nitrogen and oxygen atoms in total. The van der Waals surface area contributed by atoms with Crippen LogP contribution < -0.4 is 4.74 Å². The molecule has 1 saturated carbocycles. The number of ether oxygens (including phenoxy) is 3. The summed E-state index contributed by atoms with van der Waals surface area (Å²) in [4.78, 5) is 12.5. The summed E-state index contributed by atoms with van der Waals surface area (Å²) < 4.78 is 55.7. The van der Waals surface area contributed by atoms with Gasteiger partial charge >= 0.3 is 12.3 Å². The molecule has 35 heavy (non-hydrogen) atoms. The zero-order valence-corrected chi connectivity index (χ0v) is 20.4. The third-order valence-corrected chi connectivity index (χ3v) is 6.99. The van der Waals surface area contributed by atoms with Gasteiger partial charge in [0.2, 0.25) is 5.69 Å². The van der Waals surface area contributed by atoms with E-state index in [1.807, 2.05) is 24.3 Å². The van der Waals surface area contributed by atoms with Crippen LogP contribution in [0, 0.1) is 0 Å². The first-order valence-electron chi connectivity index (χ1n) is 11.2. The largest absolute Gasteiger partial charge is 0.523 e. The smallest absolute Gasteiger partial charge is 0.497 e. The van der Waals surface area contributed by atoms with Crippen molar-refractivity contribution in [3.05, 3.63) is 60.3 Å². The topological polar surface area (TPSA) is 75.5 Å². The minimum Gasteiger partial charge on any atom is -0.497 e. The van der Waals surface area contributed by atoms with Crippen molar-refractivity contribution in [2.75, 3.05) is 13.7 Å². The number of alkyl halides is 3. The van der Waals surface area contributed by atoms with Gasteiger partial charge in [-0.15, -0.1) is 30.0 Å². The lowest BCUT2D eigenvalue weighted by atomic mass is 9.84. The maximum atomic E-state index is 13.1. The number of hydrogen-bond acceptors (Lipinski definition) is 7. The molecule has 1 aliphatic carbocycles. The fourth-order valence-corrected chi connectivity index (χ4v) is 5.13. The molecule has 0 atom stereocenters. The second-order valence-electron chi connectivity index (χ2n) is 7.99. The number of esters is 1. The SMILES string of the molecule is C=C/C=C\[C@]1(OC(F)(F)F)CC[C@H](Sc2c(C(=O)OCC)nnn2Cc2ccc(OC)cc2)CC1. The van der Waals surface area contributed by atoms with Crippen LogP contribution in [-0.2, 0) is 16.0 Å². The average Bonchev–Trinajstić information content (AvgIpc) is 3.21. The standard InChI is InChI=1S/C24H28F3N3O4S/c1-4-6-13-23(34-24(25,26)27)14-11-19(12-15-23)35-21-20(22(31)33-5-2)28-29-30(21)16-17-7-9-18(32-3)10-8-17/h4,6-10,13,19H,1,5,11-12,14-16H2,2-3H3/b13-6-/t19-,23-. The number of allylic oxidation sites excluding steroid dienone is 2. The monoisotopic (exact) mass is 511 g/mol. The molecule has 0 aliphatic heterocycles. The number of halogens is 3. The predicted molar refractivity (Wildman–Crippen MR) is 125 cm³/mol. The molecule has 0 saturated heterocycles. The van der Waals surface area contributed by atoms with Gasteiger partial charge in [0.05, 0.1) is 25.9 Å². The molecule has 1 heterocycles. The lowest BCUT2D eigenvalue weighted by Gasteiger charge is -2.38. The first-order valence-corrected chi connectivity index (χ1v) is 12.0. The normalized spacial score (nSPS) is 20.7. The van der Waals surface area contributed by atoms with E-state index in [4.69, 9.17) is 9.47 Å². The van der Waals surface area contributed by atoms with Crippen molar-refractivity contribution in [1.29, 1.82) is 0 Å². The van der Waals surface area contributed by atoms with Crippen molar-refractivity contribution in [2.24, 2.45) is 0 Å². The van der Waals surface area contributed by atoms with Crippen LogP contribution in [0.3, 0.4) is 0 Å². The molecule has 0 bridgehead atoms. The van der Waals surface area contributed by atoms with Crippen LogP contribution in [0.1, 0.15) is 48.7 Å². The lowest BCUT2D eigenvalue weighted by molar-refractivity contribution is -0.361. The van der Waals surface area contributed by atoms with E-state index in [2.05, 4.69) is 21.6 Å². The number of rotatable bonds is 10. The maximum Gasteiger partial charge on any atom is 0.523 e. The van der Waals surface area contributed by atoms with Gasteiger partial charge in [-0.05, 0) is 50.3 Å². The highest BCUT2D eigenvalue weighted by Crippen LogP contribution is 2.43. The van der Waals surface area contributed by atoms with Crippen molar-refractivity contribution >= 4 is 17.7 Å². The Morgan fingerprint density at radius 2 is 1.97 bits per heavy atom. The number of hydrogen-bond donors (Lipinski definition) is 0. The number of nitrogens with zero attached hydrogens (tertiary/aromatic N) is 3. The number of benzene rings is 1. The summed E-state index contributed by atoms with van der Waals surface area (Å²) in [7, 11) is 1.58. The fraction of sp³-hybridized carbons (Fsp3) is 0.458. The molecule has 3 rings (SSSR count). The molecule has 2 aromatic rings. The molecule has 1 aliphatic rings. The maximum absolute atomic E-state index is 13.1. The minimum absolute atomic E-state index is 0.0571. The number of carbonyl (C=O) groups is 1. The summed E-state index contributed by atoms with van der Waals surface area (Å²) in [6.45, 7) is 5.78.